The van der Waals surface area contributed by atoms with Crippen LogP contribution >= 0.6 is 0 Å². The molecule has 9 rings (SSSR count). The van der Waals surface area contributed by atoms with Crippen LogP contribution in [0.1, 0.15) is 76.6 Å². The topological polar surface area (TPSA) is 197 Å². The summed E-state index contributed by atoms with van der Waals surface area (Å²) >= 11 is 0. The van der Waals surface area contributed by atoms with Gasteiger partial charge in [-0.15, -0.1) is 0 Å². The fourth-order valence-electron chi connectivity index (χ4n) is 8.50. The lowest BCUT2D eigenvalue weighted by Gasteiger charge is -2.19. The predicted octanol–water partition coefficient (Wildman–Crippen LogP) is 5.38. The first-order chi connectivity index (χ1) is 26.0. The van der Waals surface area contributed by atoms with E-state index in [2.05, 4.69) is 46.8 Å². The summed E-state index contributed by atoms with van der Waals surface area (Å²) in [5.74, 6) is 0.425. The van der Waals surface area contributed by atoms with Crippen LogP contribution in [0.2, 0.25) is 0 Å². The van der Waals surface area contributed by atoms with Gasteiger partial charge in [0.15, 0.2) is 24.9 Å². The van der Waals surface area contributed by atoms with Crippen molar-refractivity contribution in [3.63, 3.8) is 0 Å². The molecule has 286 valence electrons. The molecule has 0 radical (unpaired) electrons. The van der Waals surface area contributed by atoms with E-state index in [4.69, 9.17) is 9.52 Å². The number of amides is 4. The molecule has 2 aromatic carbocycles. The Bertz CT molecular complexity index is 2340. The number of benzene rings is 2. The second kappa shape index (κ2) is 14.4. The van der Waals surface area contributed by atoms with E-state index in [1.54, 1.807) is 17.9 Å². The molecule has 2 unspecified atom stereocenters. The molecular formula is C37H46N10O5S2. The number of urea groups is 2. The average molecular weight is 775 g/mol. The van der Waals surface area contributed by atoms with Crippen molar-refractivity contribution in [1.29, 1.82) is 4.78 Å². The maximum Gasteiger partial charge on any atom is 0.332 e. The van der Waals surface area contributed by atoms with E-state index >= 15 is 0 Å². The van der Waals surface area contributed by atoms with Gasteiger partial charge in [-0.3, -0.25) is 4.68 Å². The van der Waals surface area contributed by atoms with Crippen molar-refractivity contribution in [2.24, 2.45) is 11.4 Å². The fourth-order valence-corrected chi connectivity index (χ4v) is 10.7. The summed E-state index contributed by atoms with van der Waals surface area (Å²) in [6, 6.07) is 4.96. The van der Waals surface area contributed by atoms with Crippen LogP contribution in [-0.2, 0) is 84.8 Å². The molecule has 4 aromatic rings. The van der Waals surface area contributed by atoms with Crippen molar-refractivity contribution < 1.29 is 22.7 Å². The van der Waals surface area contributed by atoms with E-state index in [-0.39, 0.29) is 5.03 Å². The van der Waals surface area contributed by atoms with Crippen LogP contribution in [0.5, 0.6) is 5.88 Å². The van der Waals surface area contributed by atoms with E-state index < -0.39 is 31.9 Å². The van der Waals surface area contributed by atoms with Crippen LogP contribution in [0, 0.1) is 4.78 Å². The Hall–Kier alpha value is -4.90. The zero-order chi connectivity index (χ0) is 37.6. The number of ether oxygens (including phenoxy) is 1. The van der Waals surface area contributed by atoms with Crippen LogP contribution in [0.25, 0.3) is 0 Å². The highest BCUT2D eigenvalue weighted by molar-refractivity contribution is 7.92. The number of carbonyl (C=O) groups excluding carboxylic acids is 2. The number of nitrogens with zero attached hydrogens (tertiary/aromatic N) is 5. The summed E-state index contributed by atoms with van der Waals surface area (Å²) in [5.41, 5.74) is 11.9. The smallest absolute Gasteiger partial charge is 0.332 e. The molecule has 0 saturated carbocycles. The van der Waals surface area contributed by atoms with E-state index in [9.17, 15) is 18.0 Å². The fraction of sp³-hybridized carbons (Fsp3) is 0.459. The van der Waals surface area contributed by atoms with Crippen LogP contribution in [0.3, 0.4) is 0 Å². The SMILES string of the molecule is CN=S(=O)(NC(=O)Nc1c2c(cc3c1CCC3)CCC2)c1cnn2c1OCCC2.Cn1ccc(S(=N)(=O)NC(=O)Nc2c3c(cc4c2CCC4)CCC3)n1. The minimum absolute atomic E-state index is 0.0497. The van der Waals surface area contributed by atoms with Gasteiger partial charge in [-0.1, -0.05) is 12.1 Å². The highest BCUT2D eigenvalue weighted by atomic mass is 32.2. The second-order valence-electron chi connectivity index (χ2n) is 14.4. The number of nitrogens with one attached hydrogen (secondary N) is 5. The van der Waals surface area contributed by atoms with Crippen LogP contribution in [0.15, 0.2) is 44.9 Å². The molecule has 5 aliphatic rings. The Kier molecular flexibility index (Phi) is 9.62. The van der Waals surface area contributed by atoms with Gasteiger partial charge in [0.05, 0.1) is 12.8 Å². The van der Waals surface area contributed by atoms with Gasteiger partial charge in [0.25, 0.3) is 0 Å². The minimum atomic E-state index is -3.48. The number of carbonyl (C=O) groups is 2. The summed E-state index contributed by atoms with van der Waals surface area (Å²) in [5, 5.41) is 14.2. The molecule has 5 N–H and O–H groups in total. The quantitative estimate of drug-likeness (QED) is 0.173. The summed E-state index contributed by atoms with van der Waals surface area (Å²) in [7, 11) is -3.56. The van der Waals surface area contributed by atoms with Gasteiger partial charge in [-0.25, -0.2) is 41.3 Å². The Morgan fingerprint density at radius 3 is 1.80 bits per heavy atom. The van der Waals surface area contributed by atoms with Gasteiger partial charge >= 0.3 is 12.1 Å². The first-order valence-corrected chi connectivity index (χ1v) is 21.7. The van der Waals surface area contributed by atoms with Gasteiger partial charge in [0.2, 0.25) is 5.88 Å². The molecule has 54 heavy (non-hydrogen) atoms. The third-order valence-corrected chi connectivity index (χ3v) is 14.1. The van der Waals surface area contributed by atoms with Gasteiger partial charge in [0.1, 0.15) is 4.90 Å². The molecule has 3 heterocycles. The van der Waals surface area contributed by atoms with E-state index in [0.29, 0.717) is 23.9 Å². The Balaban J connectivity index is 0.000000155. The summed E-state index contributed by atoms with van der Waals surface area (Å²) in [4.78, 5) is 25.7. The van der Waals surface area contributed by atoms with Crippen molar-refractivity contribution in [3.8, 4) is 5.88 Å². The van der Waals surface area contributed by atoms with Crippen LogP contribution in [-0.4, -0.2) is 53.7 Å². The van der Waals surface area contributed by atoms with Crippen molar-refractivity contribution in [1.82, 2.24) is 29.0 Å². The molecule has 2 atom stereocenters. The third-order valence-electron chi connectivity index (χ3n) is 10.9. The van der Waals surface area contributed by atoms with E-state index in [1.165, 1.54) is 68.5 Å². The first kappa shape index (κ1) is 36.1. The zero-order valence-electron chi connectivity index (χ0n) is 30.6. The molecule has 1 aliphatic heterocycles. The normalized spacial score (nSPS) is 18.3. The van der Waals surface area contributed by atoms with Gasteiger partial charge in [-0.05, 0) is 128 Å². The number of hydrogen-bond donors (Lipinski definition) is 5. The zero-order valence-corrected chi connectivity index (χ0v) is 32.2. The molecule has 0 fully saturated rings. The largest absolute Gasteiger partial charge is 0.477 e. The van der Waals surface area contributed by atoms with E-state index in [0.717, 1.165) is 94.8 Å². The molecule has 2 aromatic heterocycles. The maximum atomic E-state index is 13.5. The van der Waals surface area contributed by atoms with Gasteiger partial charge in [0, 0.05) is 44.6 Å². The van der Waals surface area contributed by atoms with Gasteiger partial charge < -0.3 is 15.4 Å². The summed E-state index contributed by atoms with van der Waals surface area (Å²) in [6.45, 7) is 1.23. The first-order valence-electron chi connectivity index (χ1n) is 18.7. The molecule has 4 aliphatic carbocycles. The number of anilines is 2. The number of fused-ring (bicyclic) bond motifs is 5. The number of hydrogen-bond acceptors (Lipinski definition) is 9. The van der Waals surface area contributed by atoms with Crippen LogP contribution < -0.4 is 24.8 Å². The molecule has 0 saturated heterocycles. The monoisotopic (exact) mass is 774 g/mol. The lowest BCUT2D eigenvalue weighted by molar-refractivity contribution is 0.224. The molecule has 4 amide bonds. The highest BCUT2D eigenvalue weighted by Crippen LogP contribution is 2.40. The Morgan fingerprint density at radius 2 is 1.31 bits per heavy atom. The van der Waals surface area contributed by atoms with E-state index in [1.807, 2.05) is 0 Å². The number of aryl methyl sites for hydroxylation is 6. The Labute approximate surface area is 315 Å². The number of aromatic nitrogens is 4. The van der Waals surface area contributed by atoms with Crippen LogP contribution in [0.4, 0.5) is 21.0 Å². The Morgan fingerprint density at radius 1 is 0.796 bits per heavy atom. The van der Waals surface area contributed by atoms with Crippen molar-refractivity contribution >= 4 is 43.3 Å². The molecular weight excluding hydrogens is 729 g/mol. The maximum absolute atomic E-state index is 13.5. The van der Waals surface area contributed by atoms with Crippen molar-refractivity contribution in [2.75, 3.05) is 24.3 Å². The van der Waals surface area contributed by atoms with Crippen molar-refractivity contribution in [2.45, 2.75) is 99.9 Å². The molecule has 0 bridgehead atoms. The average Bonchev–Trinajstić information content (AvgIpc) is 3.99. The molecule has 15 nitrogen and oxygen atoms in total. The summed E-state index contributed by atoms with van der Waals surface area (Å²) in [6.07, 6.45) is 16.4. The van der Waals surface area contributed by atoms with Gasteiger partial charge in [-0.2, -0.15) is 10.2 Å². The number of rotatable bonds is 6. The molecule has 0 spiro atoms. The lowest BCUT2D eigenvalue weighted by Crippen LogP contribution is -2.35. The lowest BCUT2D eigenvalue weighted by atomic mass is 9.99. The third kappa shape index (κ3) is 6.83. The highest BCUT2D eigenvalue weighted by Gasteiger charge is 2.30. The predicted molar refractivity (Wildman–Crippen MR) is 205 cm³/mol. The summed E-state index contributed by atoms with van der Waals surface area (Å²) < 4.78 is 51.6. The molecule has 17 heteroatoms. The standard InChI is InChI=1S/C20H25N5O3S.C17H21N5O2S/c1-21-29(27,17-12-22-25-9-4-10-28-19(17)25)24-20(26)23-18-15-7-2-5-13(15)11-14-6-3-8-16(14)18;1-22-9-8-15(20-22)25(18,24)21-17(23)19-16-13-6-2-4-11(13)10-12-5-3-7-14(12)16/h11-12H,2-10H2,1H3,(H2,21,23,24,26,27);8-10H,2-7H2,1H3,(H3,18,19,21,23,24). The minimum Gasteiger partial charge on any atom is -0.477 e. The van der Waals surface area contributed by atoms with Crippen molar-refractivity contribution in [3.05, 3.63) is 75.1 Å². The second-order valence-corrected chi connectivity index (χ2v) is 18.2.